The fourth-order valence-corrected chi connectivity index (χ4v) is 5.25. The molecule has 8 nitrogen and oxygen atoms in total. The smallest absolute Gasteiger partial charge is 0.233 e. The predicted molar refractivity (Wildman–Crippen MR) is 147 cm³/mol. The third-order valence-corrected chi connectivity index (χ3v) is 7.04. The summed E-state index contributed by atoms with van der Waals surface area (Å²) < 4.78 is 32.4. The molecule has 0 saturated carbocycles. The molecule has 10 heteroatoms. The number of rotatable bonds is 13. The lowest BCUT2D eigenvalue weighted by Gasteiger charge is -2.12. The average Bonchev–Trinajstić information content (AvgIpc) is 3.10. The number of carbonyl (C=O) groups is 2. The van der Waals surface area contributed by atoms with Crippen molar-refractivity contribution in [2.45, 2.75) is 45.6 Å². The molecule has 0 fully saturated rings. The summed E-state index contributed by atoms with van der Waals surface area (Å²) in [5.41, 5.74) is 3.73. The number of nitrogens with one attached hydrogen (secondary N) is 1. The maximum atomic E-state index is 13.5. The zero-order valence-corrected chi connectivity index (χ0v) is 23.4. The van der Waals surface area contributed by atoms with Crippen LogP contribution in [0, 0.1) is 17.2 Å². The minimum atomic E-state index is -3.66. The number of Topliss-reactive ketones (excluding diaryl/α,β-unsaturated/α-hetero) is 1. The zero-order valence-electron chi connectivity index (χ0n) is 21.8. The summed E-state index contributed by atoms with van der Waals surface area (Å²) in [6, 6.07) is 15.0. The van der Waals surface area contributed by atoms with Crippen LogP contribution in [0.4, 0.5) is 0 Å². The van der Waals surface area contributed by atoms with Crippen molar-refractivity contribution in [1.82, 2.24) is 9.29 Å². The second-order valence-electron chi connectivity index (χ2n) is 9.60. The molecule has 2 aromatic carbocycles. The van der Waals surface area contributed by atoms with Crippen LogP contribution < -0.4 is 4.72 Å². The molecule has 202 valence electrons. The Hall–Kier alpha value is -3.19. The molecule has 1 atom stereocenters. The lowest BCUT2D eigenvalue weighted by atomic mass is 9.94. The van der Waals surface area contributed by atoms with Gasteiger partial charge in [-0.05, 0) is 61.1 Å². The molecule has 1 heterocycles. The Morgan fingerprint density at radius 1 is 1.16 bits per heavy atom. The van der Waals surface area contributed by atoms with Crippen molar-refractivity contribution >= 4 is 44.2 Å². The van der Waals surface area contributed by atoms with E-state index in [2.05, 4.69) is 6.07 Å². The van der Waals surface area contributed by atoms with Crippen molar-refractivity contribution in [1.29, 1.82) is 5.26 Å². The number of carbonyl (C=O) groups excluding carboxylic acids is 2. The van der Waals surface area contributed by atoms with Crippen LogP contribution in [-0.2, 0) is 39.6 Å². The topological polar surface area (TPSA) is 118 Å². The maximum absolute atomic E-state index is 13.5. The van der Waals surface area contributed by atoms with Gasteiger partial charge in [-0.25, -0.2) is 8.42 Å². The van der Waals surface area contributed by atoms with Gasteiger partial charge >= 0.3 is 0 Å². The van der Waals surface area contributed by atoms with E-state index in [1.165, 1.54) is 0 Å². The zero-order chi connectivity index (χ0) is 27.9. The molecule has 0 aliphatic rings. The Labute approximate surface area is 228 Å². The molecule has 1 unspecified atom stereocenters. The van der Waals surface area contributed by atoms with Gasteiger partial charge in [-0.3, -0.25) is 14.3 Å². The van der Waals surface area contributed by atoms with Gasteiger partial charge in [-0.1, -0.05) is 30.7 Å². The van der Waals surface area contributed by atoms with Crippen LogP contribution in [0.3, 0.4) is 0 Å². The number of fused-ring (bicyclic) bond motifs is 1. The lowest BCUT2D eigenvalue weighted by Crippen LogP contribution is -2.30. The second-order valence-corrected chi connectivity index (χ2v) is 11.8. The summed E-state index contributed by atoms with van der Waals surface area (Å²) in [4.78, 5) is 25.5. The molecule has 0 bridgehead atoms. The van der Waals surface area contributed by atoms with E-state index in [9.17, 15) is 23.3 Å². The molecule has 0 aliphatic heterocycles. The number of unbranched alkanes of at least 4 members (excludes halogenated alkanes) is 1. The third-order valence-electron chi connectivity index (χ3n) is 6.21. The van der Waals surface area contributed by atoms with Crippen LogP contribution in [0.5, 0.6) is 0 Å². The van der Waals surface area contributed by atoms with Crippen molar-refractivity contribution in [3.63, 3.8) is 0 Å². The number of amides is 1. The van der Waals surface area contributed by atoms with E-state index in [1.807, 2.05) is 46.7 Å². The van der Waals surface area contributed by atoms with Gasteiger partial charge in [0.15, 0.2) is 5.78 Å². The van der Waals surface area contributed by atoms with Gasteiger partial charge in [0.05, 0.1) is 24.5 Å². The molecule has 38 heavy (non-hydrogen) atoms. The van der Waals surface area contributed by atoms with Crippen LogP contribution in [0.15, 0.2) is 42.5 Å². The van der Waals surface area contributed by atoms with Gasteiger partial charge in [0.1, 0.15) is 0 Å². The molecule has 1 aromatic heterocycles. The lowest BCUT2D eigenvalue weighted by molar-refractivity contribution is -0.120. The first-order valence-corrected chi connectivity index (χ1v) is 14.6. The molecule has 3 rings (SSSR count). The number of aryl methyl sites for hydroxylation is 1. The van der Waals surface area contributed by atoms with Crippen LogP contribution >= 0.6 is 11.6 Å². The van der Waals surface area contributed by atoms with E-state index in [0.717, 1.165) is 35.9 Å². The number of aromatic nitrogens is 1. The highest BCUT2D eigenvalue weighted by molar-refractivity contribution is 7.89. The van der Waals surface area contributed by atoms with E-state index in [4.69, 9.17) is 16.3 Å². The fourth-order valence-electron chi connectivity index (χ4n) is 4.54. The Kier molecular flexibility index (Phi) is 10.1. The normalized spacial score (nSPS) is 12.3. The molecule has 1 N–H and O–H groups in total. The number of sulfonamides is 1. The molecule has 0 radical (unpaired) electrons. The first-order chi connectivity index (χ1) is 18.0. The summed E-state index contributed by atoms with van der Waals surface area (Å²) >= 11 is 6.02. The van der Waals surface area contributed by atoms with E-state index in [-0.39, 0.29) is 24.5 Å². The Bertz CT molecular complexity index is 1470. The van der Waals surface area contributed by atoms with Gasteiger partial charge < -0.3 is 9.30 Å². The van der Waals surface area contributed by atoms with Crippen LogP contribution in [0.2, 0.25) is 5.02 Å². The highest BCUT2D eigenvalue weighted by atomic mass is 35.5. The first kappa shape index (κ1) is 29.4. The number of ketones is 1. The minimum Gasteiger partial charge on any atom is -0.377 e. The van der Waals surface area contributed by atoms with Gasteiger partial charge in [-0.2, -0.15) is 5.26 Å². The van der Waals surface area contributed by atoms with Gasteiger partial charge in [0.25, 0.3) is 0 Å². The number of benzene rings is 2. The molecule has 1 amide bonds. The van der Waals surface area contributed by atoms with E-state index in [0.29, 0.717) is 41.2 Å². The molecule has 0 spiro atoms. The second kappa shape index (κ2) is 13.1. The first-order valence-electron chi connectivity index (χ1n) is 12.4. The quantitative estimate of drug-likeness (QED) is 0.235. The van der Waals surface area contributed by atoms with Crippen LogP contribution in [-0.4, -0.2) is 37.5 Å². The number of hydrogen-bond donors (Lipinski definition) is 1. The number of nitriles is 1. The molecule has 3 aromatic rings. The molecular formula is C28H32ClN3O5S. The summed E-state index contributed by atoms with van der Waals surface area (Å²) in [5.74, 6) is -1.15. The number of halogens is 1. The van der Waals surface area contributed by atoms with Crippen molar-refractivity contribution in [2.75, 3.05) is 12.9 Å². The maximum Gasteiger partial charge on any atom is 0.233 e. The Morgan fingerprint density at radius 3 is 2.61 bits per heavy atom. The summed E-state index contributed by atoms with van der Waals surface area (Å²) in [6.07, 6.45) is 3.11. The minimum absolute atomic E-state index is 0.0722. The van der Waals surface area contributed by atoms with Crippen molar-refractivity contribution < 1.29 is 22.7 Å². The predicted octanol–water partition coefficient (Wildman–Crippen LogP) is 4.92. The standard InChI is InChI=1S/C28H32ClN3O5S/c1-19(14-27(34)31-38(3,35)36)13-26(33)28-23-16-20(17-30)10-11-24(23)32(2)25(28)9-4-5-12-37-18-21-7-6-8-22(29)15-21/h6-8,10-11,15-16,19H,4-5,9,12-14,18H2,1-3H3,(H,31,34). The van der Waals surface area contributed by atoms with Gasteiger partial charge in [0.2, 0.25) is 15.9 Å². The Balaban J connectivity index is 1.71. The molecule has 0 saturated heterocycles. The van der Waals surface area contributed by atoms with E-state index < -0.39 is 15.9 Å². The number of hydrogen-bond acceptors (Lipinski definition) is 6. The third kappa shape index (κ3) is 8.15. The highest BCUT2D eigenvalue weighted by Crippen LogP contribution is 2.30. The summed E-state index contributed by atoms with van der Waals surface area (Å²) in [6.45, 7) is 2.77. The average molecular weight is 558 g/mol. The van der Waals surface area contributed by atoms with Crippen molar-refractivity contribution in [2.24, 2.45) is 13.0 Å². The van der Waals surface area contributed by atoms with Crippen LogP contribution in [0.1, 0.15) is 59.8 Å². The fraction of sp³-hybridized carbons (Fsp3) is 0.393. The van der Waals surface area contributed by atoms with Crippen molar-refractivity contribution in [3.05, 3.63) is 69.9 Å². The van der Waals surface area contributed by atoms with E-state index in [1.54, 1.807) is 19.1 Å². The van der Waals surface area contributed by atoms with Crippen LogP contribution in [0.25, 0.3) is 10.9 Å². The van der Waals surface area contributed by atoms with Crippen molar-refractivity contribution in [3.8, 4) is 6.07 Å². The highest BCUT2D eigenvalue weighted by Gasteiger charge is 2.24. The number of ether oxygens (including phenoxy) is 1. The Morgan fingerprint density at radius 2 is 1.92 bits per heavy atom. The monoisotopic (exact) mass is 557 g/mol. The van der Waals surface area contributed by atoms with Gasteiger partial charge in [-0.15, -0.1) is 0 Å². The SMILES string of the molecule is CC(CC(=O)NS(C)(=O)=O)CC(=O)c1c(CCCCOCc2cccc(Cl)c2)n(C)c2ccc(C#N)cc12. The van der Waals surface area contributed by atoms with Gasteiger partial charge in [0, 0.05) is 53.7 Å². The largest absolute Gasteiger partial charge is 0.377 e. The summed E-state index contributed by atoms with van der Waals surface area (Å²) in [7, 11) is -1.76. The molecule has 0 aliphatic carbocycles. The molecular weight excluding hydrogens is 526 g/mol. The summed E-state index contributed by atoms with van der Waals surface area (Å²) in [5, 5.41) is 10.8. The van der Waals surface area contributed by atoms with E-state index >= 15 is 0 Å². The number of nitrogens with zero attached hydrogens (tertiary/aromatic N) is 2.